The first kappa shape index (κ1) is 27.0. The maximum absolute atomic E-state index is 13.1. The summed E-state index contributed by atoms with van der Waals surface area (Å²) >= 11 is 1.87. The summed E-state index contributed by atoms with van der Waals surface area (Å²) < 4.78 is 20.6. The fourth-order valence-corrected chi connectivity index (χ4v) is 5.47. The summed E-state index contributed by atoms with van der Waals surface area (Å²) in [6, 6.07) is 0. The standard InChI is InChI=1S/C22H23N3O9S2/c1-10-13-17(35-16(10)22(30)34-7-6-31-3)23-9-25(19(13)27)8-12(26)24-18-14(20(28)32-4)11(2)15(36-18)21(29)33-5/h9H,6-8H2,1-5H3,(H,24,26). The van der Waals surface area contributed by atoms with E-state index in [1.807, 2.05) is 0 Å². The van der Waals surface area contributed by atoms with Gasteiger partial charge in [-0.25, -0.2) is 19.4 Å². The maximum atomic E-state index is 13.1. The summed E-state index contributed by atoms with van der Waals surface area (Å²) in [5.41, 5.74) is 0.190. The highest BCUT2D eigenvalue weighted by Crippen LogP contribution is 2.34. The molecule has 14 heteroatoms. The van der Waals surface area contributed by atoms with Gasteiger partial charge in [-0.2, -0.15) is 0 Å². The zero-order chi connectivity index (χ0) is 26.6. The molecule has 3 rings (SSSR count). The normalized spacial score (nSPS) is 10.8. The van der Waals surface area contributed by atoms with Crippen LogP contribution >= 0.6 is 22.7 Å². The lowest BCUT2D eigenvalue weighted by atomic mass is 10.1. The lowest BCUT2D eigenvalue weighted by Gasteiger charge is -2.08. The Morgan fingerprint density at radius 1 is 0.944 bits per heavy atom. The van der Waals surface area contributed by atoms with Gasteiger partial charge in [0.15, 0.2) is 0 Å². The number of rotatable bonds is 9. The topological polar surface area (TPSA) is 152 Å². The van der Waals surface area contributed by atoms with E-state index in [9.17, 15) is 24.0 Å². The Balaban J connectivity index is 1.88. The number of hydrogen-bond acceptors (Lipinski definition) is 12. The lowest BCUT2D eigenvalue weighted by Crippen LogP contribution is -2.28. The Bertz CT molecular complexity index is 1400. The second-order valence-corrected chi connectivity index (χ2v) is 9.35. The Morgan fingerprint density at radius 2 is 1.61 bits per heavy atom. The number of amides is 1. The van der Waals surface area contributed by atoms with E-state index in [4.69, 9.17) is 18.9 Å². The molecule has 0 fully saturated rings. The van der Waals surface area contributed by atoms with Crippen LogP contribution in [-0.2, 0) is 30.3 Å². The van der Waals surface area contributed by atoms with E-state index in [-0.39, 0.29) is 38.9 Å². The third-order valence-corrected chi connectivity index (χ3v) is 7.46. The first-order valence-corrected chi connectivity index (χ1v) is 12.0. The number of aryl methyl sites for hydroxylation is 1. The van der Waals surface area contributed by atoms with E-state index >= 15 is 0 Å². The van der Waals surface area contributed by atoms with Crippen molar-refractivity contribution in [1.29, 1.82) is 0 Å². The largest absolute Gasteiger partial charge is 0.465 e. The molecule has 3 aromatic rings. The zero-order valence-corrected chi connectivity index (χ0v) is 21.7. The van der Waals surface area contributed by atoms with E-state index in [2.05, 4.69) is 10.3 Å². The van der Waals surface area contributed by atoms with E-state index in [0.29, 0.717) is 16.0 Å². The Morgan fingerprint density at radius 3 is 2.25 bits per heavy atom. The van der Waals surface area contributed by atoms with Gasteiger partial charge in [0.05, 0.1) is 38.1 Å². The van der Waals surface area contributed by atoms with Crippen molar-refractivity contribution in [2.75, 3.05) is 39.9 Å². The maximum Gasteiger partial charge on any atom is 0.348 e. The number of fused-ring (bicyclic) bond motifs is 1. The molecular weight excluding hydrogens is 514 g/mol. The van der Waals surface area contributed by atoms with Crippen LogP contribution < -0.4 is 10.9 Å². The van der Waals surface area contributed by atoms with Crippen LogP contribution in [0.15, 0.2) is 11.1 Å². The summed E-state index contributed by atoms with van der Waals surface area (Å²) in [7, 11) is 3.85. The second-order valence-electron chi connectivity index (χ2n) is 7.33. The summed E-state index contributed by atoms with van der Waals surface area (Å²) in [5, 5.41) is 2.84. The molecule has 0 bridgehead atoms. The first-order valence-electron chi connectivity index (χ1n) is 10.4. The average Bonchev–Trinajstić information content (AvgIpc) is 3.36. The minimum absolute atomic E-state index is 0.0162. The van der Waals surface area contributed by atoms with Crippen LogP contribution in [0.4, 0.5) is 5.00 Å². The number of aromatic nitrogens is 2. The van der Waals surface area contributed by atoms with Crippen molar-refractivity contribution in [2.45, 2.75) is 20.4 Å². The monoisotopic (exact) mass is 537 g/mol. The molecule has 1 amide bonds. The van der Waals surface area contributed by atoms with Gasteiger partial charge in [-0.1, -0.05) is 0 Å². The minimum Gasteiger partial charge on any atom is -0.465 e. The number of hydrogen-bond donors (Lipinski definition) is 1. The Hall–Kier alpha value is -3.62. The summed E-state index contributed by atoms with van der Waals surface area (Å²) in [4.78, 5) is 67.5. The van der Waals surface area contributed by atoms with Crippen molar-refractivity contribution >= 4 is 61.7 Å². The van der Waals surface area contributed by atoms with Gasteiger partial charge in [0, 0.05) is 7.11 Å². The molecule has 1 N–H and O–H groups in total. The van der Waals surface area contributed by atoms with Crippen molar-refractivity contribution in [3.8, 4) is 0 Å². The lowest BCUT2D eigenvalue weighted by molar-refractivity contribution is -0.116. The number of ether oxygens (including phenoxy) is 4. The fourth-order valence-electron chi connectivity index (χ4n) is 3.31. The van der Waals surface area contributed by atoms with Crippen molar-refractivity contribution in [3.63, 3.8) is 0 Å². The third-order valence-electron chi connectivity index (χ3n) is 5.10. The molecule has 0 atom stereocenters. The second kappa shape index (κ2) is 11.4. The van der Waals surface area contributed by atoms with Gasteiger partial charge < -0.3 is 24.3 Å². The highest BCUT2D eigenvalue weighted by atomic mass is 32.1. The van der Waals surface area contributed by atoms with E-state index in [0.717, 1.165) is 27.2 Å². The molecule has 12 nitrogen and oxygen atoms in total. The first-order chi connectivity index (χ1) is 17.1. The number of carbonyl (C=O) groups excluding carboxylic acids is 4. The molecule has 192 valence electrons. The highest BCUT2D eigenvalue weighted by molar-refractivity contribution is 7.20. The van der Waals surface area contributed by atoms with Gasteiger partial charge in [0.25, 0.3) is 5.56 Å². The molecule has 0 saturated heterocycles. The van der Waals surface area contributed by atoms with Crippen LogP contribution in [0.5, 0.6) is 0 Å². The van der Waals surface area contributed by atoms with Crippen LogP contribution in [0.25, 0.3) is 10.2 Å². The molecule has 0 aliphatic heterocycles. The molecule has 0 saturated carbocycles. The van der Waals surface area contributed by atoms with Crippen molar-refractivity contribution in [1.82, 2.24) is 9.55 Å². The summed E-state index contributed by atoms with van der Waals surface area (Å²) in [6.07, 6.45) is 1.20. The molecule has 0 radical (unpaired) electrons. The predicted octanol–water partition coefficient (Wildman–Crippen LogP) is 2.15. The average molecular weight is 538 g/mol. The number of carbonyl (C=O) groups is 4. The third kappa shape index (κ3) is 5.29. The zero-order valence-electron chi connectivity index (χ0n) is 20.1. The number of thiophene rings is 2. The molecule has 0 aliphatic carbocycles. The van der Waals surface area contributed by atoms with Crippen molar-refractivity contribution in [3.05, 3.63) is 43.1 Å². The summed E-state index contributed by atoms with van der Waals surface area (Å²) in [6.45, 7) is 3.00. The van der Waals surface area contributed by atoms with E-state index < -0.39 is 35.9 Å². The van der Waals surface area contributed by atoms with Gasteiger partial charge in [-0.05, 0) is 25.0 Å². The molecule has 0 aliphatic rings. The number of methoxy groups -OCH3 is 3. The quantitative estimate of drug-likeness (QED) is 0.244. The Labute approximate surface area is 212 Å². The van der Waals surface area contributed by atoms with Crippen LogP contribution in [0, 0.1) is 13.8 Å². The van der Waals surface area contributed by atoms with E-state index in [1.165, 1.54) is 34.6 Å². The van der Waals surface area contributed by atoms with Crippen LogP contribution in [-0.4, -0.2) is 67.9 Å². The number of anilines is 1. The molecular formula is C22H23N3O9S2. The van der Waals surface area contributed by atoms with Crippen LogP contribution in [0.1, 0.15) is 40.8 Å². The molecule has 3 aromatic heterocycles. The molecule has 0 spiro atoms. The molecule has 0 unspecified atom stereocenters. The van der Waals surface area contributed by atoms with Crippen LogP contribution in [0.3, 0.4) is 0 Å². The van der Waals surface area contributed by atoms with Gasteiger partial charge in [0.1, 0.15) is 32.7 Å². The molecule has 3 heterocycles. The number of nitrogens with one attached hydrogen (secondary N) is 1. The smallest absolute Gasteiger partial charge is 0.348 e. The Kier molecular flexibility index (Phi) is 8.55. The van der Waals surface area contributed by atoms with Crippen molar-refractivity contribution < 1.29 is 38.1 Å². The predicted molar refractivity (Wildman–Crippen MR) is 131 cm³/mol. The number of nitrogens with zero attached hydrogens (tertiary/aromatic N) is 2. The molecule has 0 aromatic carbocycles. The van der Waals surface area contributed by atoms with Gasteiger partial charge in [-0.15, -0.1) is 22.7 Å². The minimum atomic E-state index is -0.742. The van der Waals surface area contributed by atoms with Gasteiger partial charge >= 0.3 is 17.9 Å². The SMILES string of the molecule is COCCOC(=O)c1sc2ncn(CC(=O)Nc3sc(C(=O)OC)c(C)c3C(=O)OC)c(=O)c2c1C. The highest BCUT2D eigenvalue weighted by Gasteiger charge is 2.27. The van der Waals surface area contributed by atoms with Crippen molar-refractivity contribution in [2.24, 2.45) is 0 Å². The van der Waals surface area contributed by atoms with Crippen LogP contribution in [0.2, 0.25) is 0 Å². The molecule has 36 heavy (non-hydrogen) atoms. The van der Waals surface area contributed by atoms with Gasteiger partial charge in [0.2, 0.25) is 5.91 Å². The van der Waals surface area contributed by atoms with E-state index in [1.54, 1.807) is 6.92 Å². The number of esters is 3. The van der Waals surface area contributed by atoms with Gasteiger partial charge in [-0.3, -0.25) is 14.2 Å². The fraction of sp³-hybridized carbons (Fsp3) is 0.364. The summed E-state index contributed by atoms with van der Waals surface area (Å²) in [5.74, 6) is -2.65.